The highest BCUT2D eigenvalue weighted by atomic mass is 16.5. The van der Waals surface area contributed by atoms with Crippen LogP contribution in [-0.2, 0) is 35.1 Å². The van der Waals surface area contributed by atoms with Gasteiger partial charge < -0.3 is 54.1 Å². The van der Waals surface area contributed by atoms with Gasteiger partial charge >= 0.3 is 12.2 Å². The van der Waals surface area contributed by atoms with Crippen LogP contribution in [0.2, 0.25) is 0 Å². The number of carbonyl (C=O) groups is 4. The van der Waals surface area contributed by atoms with Crippen LogP contribution in [-0.4, -0.2) is 120 Å². The highest BCUT2D eigenvalue weighted by molar-refractivity contribution is 6.07. The Balaban J connectivity index is 1.05. The molecule has 2 unspecified atom stereocenters. The number of hydrogen-bond acceptors (Lipinski definition) is 11. The molecule has 2 aromatic heterocycles. The van der Waals surface area contributed by atoms with E-state index in [1.54, 1.807) is 18.9 Å². The third-order valence-electron chi connectivity index (χ3n) is 13.3. The van der Waals surface area contributed by atoms with E-state index in [-0.39, 0.29) is 35.6 Å². The Labute approximate surface area is 371 Å². The first-order valence-corrected chi connectivity index (χ1v) is 21.9. The number of imidazole rings is 2. The minimum atomic E-state index is -0.971. The number of nitrogens with zero attached hydrogens (tertiary/aromatic N) is 4. The van der Waals surface area contributed by atoms with E-state index in [9.17, 15) is 19.2 Å². The number of H-pyrrole nitrogens is 2. The maximum atomic E-state index is 14.1. The van der Waals surface area contributed by atoms with E-state index in [0.29, 0.717) is 50.8 Å². The topological polar surface area (TPSA) is 202 Å². The lowest BCUT2D eigenvalue weighted by atomic mass is 9.92. The Kier molecular flexibility index (Phi) is 12.8. The molecule has 0 saturated carbocycles. The third-order valence-corrected chi connectivity index (χ3v) is 13.3. The molecule has 5 aromatic rings. The number of ether oxygens (including phenoxy) is 5. The number of benzene rings is 3. The van der Waals surface area contributed by atoms with E-state index in [2.05, 4.69) is 57.9 Å². The molecular formula is C47H58N8O9. The predicted molar refractivity (Wildman–Crippen MR) is 238 cm³/mol. The SMILES string of the molecule is CC[C@H](C)[C@H](NC(=O)OC)C(=O)N1C[C@@H](C)CC1c1ncc(-c2ccc3c(c2)COc2cc4c(ccc5nc([C@@H]6C[C@H](COC)CN6C(=O)[C@@H](NC(=O)OC)C(C)OC)[nH]c54)cc2-3)[nH]1. The Hall–Kier alpha value is -6.20. The van der Waals surface area contributed by atoms with Crippen LogP contribution < -0.4 is 15.4 Å². The van der Waals surface area contributed by atoms with Crippen molar-refractivity contribution < 1.29 is 42.9 Å². The van der Waals surface area contributed by atoms with E-state index in [1.807, 2.05) is 37.1 Å². The number of amides is 4. The molecule has 8 rings (SSSR count). The van der Waals surface area contributed by atoms with Gasteiger partial charge in [0.25, 0.3) is 0 Å². The van der Waals surface area contributed by atoms with Gasteiger partial charge in [-0.15, -0.1) is 0 Å². The number of rotatable bonds is 13. The van der Waals surface area contributed by atoms with Gasteiger partial charge in [-0.25, -0.2) is 19.6 Å². The number of methoxy groups -OCH3 is 4. The average molecular weight is 879 g/mol. The van der Waals surface area contributed by atoms with Crippen molar-refractivity contribution in [2.75, 3.05) is 48.1 Å². The summed E-state index contributed by atoms with van der Waals surface area (Å²) in [4.78, 5) is 73.1. The molecule has 2 saturated heterocycles. The summed E-state index contributed by atoms with van der Waals surface area (Å²) < 4.78 is 27.1. The minimum Gasteiger partial charge on any atom is -0.488 e. The molecule has 3 aliphatic heterocycles. The molecule has 340 valence electrons. The summed E-state index contributed by atoms with van der Waals surface area (Å²) in [5.41, 5.74) is 6.44. The van der Waals surface area contributed by atoms with E-state index in [1.165, 1.54) is 21.3 Å². The molecule has 0 bridgehead atoms. The molecule has 64 heavy (non-hydrogen) atoms. The average Bonchev–Trinajstić information content (AvgIpc) is 4.14. The van der Waals surface area contributed by atoms with E-state index >= 15 is 0 Å². The fourth-order valence-corrected chi connectivity index (χ4v) is 9.55. The molecular weight excluding hydrogens is 821 g/mol. The van der Waals surface area contributed by atoms with Crippen molar-refractivity contribution in [1.82, 2.24) is 40.4 Å². The van der Waals surface area contributed by atoms with Gasteiger partial charge in [-0.05, 0) is 77.9 Å². The van der Waals surface area contributed by atoms with Crippen molar-refractivity contribution in [3.8, 4) is 28.1 Å². The zero-order valence-corrected chi connectivity index (χ0v) is 37.7. The standard InChI is InChI=1S/C47H58N8O9/c1-9-25(3)39(52-46(58)62-7)44(56)54-20-24(2)14-36(54)42-48-19-35(50-42)29-10-12-31-30(16-29)23-64-38-18-32-28(17-33(31)38)11-13-34-41(32)51-43(49-34)37-15-27(22-60-5)21-55(37)45(57)40(26(4)61-6)53-47(59)63-8/h10-13,16-19,24-27,36-37,39-40H,9,14-15,20-23H2,1-8H3,(H,48,50)(H,49,51)(H,52,58)(H,53,59)/t24-,25-,26?,27-,36?,37-,39-,40-/m0/s1. The fourth-order valence-electron chi connectivity index (χ4n) is 9.55. The first-order chi connectivity index (χ1) is 30.8. The van der Waals surface area contributed by atoms with Crippen molar-refractivity contribution in [3.05, 3.63) is 65.9 Å². The van der Waals surface area contributed by atoms with Gasteiger partial charge in [0.2, 0.25) is 11.8 Å². The third kappa shape index (κ3) is 8.45. The number of fused-ring (bicyclic) bond motifs is 6. The van der Waals surface area contributed by atoms with Crippen molar-refractivity contribution in [3.63, 3.8) is 0 Å². The molecule has 4 N–H and O–H groups in total. The summed E-state index contributed by atoms with van der Waals surface area (Å²) in [5, 5.41) is 7.36. The molecule has 4 amide bonds. The van der Waals surface area contributed by atoms with Crippen LogP contribution in [0.25, 0.3) is 44.2 Å². The van der Waals surface area contributed by atoms with Gasteiger partial charge in [-0.2, -0.15) is 0 Å². The molecule has 3 aliphatic rings. The molecule has 17 nitrogen and oxygen atoms in total. The van der Waals surface area contributed by atoms with Crippen molar-refractivity contribution >= 4 is 45.8 Å². The monoisotopic (exact) mass is 878 g/mol. The minimum absolute atomic E-state index is 0.0552. The van der Waals surface area contributed by atoms with Crippen LogP contribution in [0, 0.1) is 17.8 Å². The largest absolute Gasteiger partial charge is 0.488 e. The molecule has 17 heteroatoms. The summed E-state index contributed by atoms with van der Waals surface area (Å²) in [6.07, 6.45) is 1.94. The van der Waals surface area contributed by atoms with Gasteiger partial charge in [0.15, 0.2) is 0 Å². The van der Waals surface area contributed by atoms with Gasteiger partial charge in [0, 0.05) is 44.2 Å². The molecule has 5 heterocycles. The van der Waals surface area contributed by atoms with Crippen LogP contribution in [0.3, 0.4) is 0 Å². The highest BCUT2D eigenvalue weighted by Gasteiger charge is 2.43. The first-order valence-electron chi connectivity index (χ1n) is 21.9. The van der Waals surface area contributed by atoms with Crippen molar-refractivity contribution in [2.45, 2.75) is 83.8 Å². The summed E-state index contributed by atoms with van der Waals surface area (Å²) in [7, 11) is 5.69. The number of aromatic nitrogens is 4. The molecule has 0 aliphatic carbocycles. The number of hydrogen-bond donors (Lipinski definition) is 4. The van der Waals surface area contributed by atoms with Gasteiger partial charge in [-0.1, -0.05) is 45.4 Å². The molecule has 2 fully saturated rings. The Morgan fingerprint density at radius 1 is 0.859 bits per heavy atom. The number of alkyl carbamates (subject to hydrolysis) is 2. The van der Waals surface area contributed by atoms with E-state index in [0.717, 1.165) is 61.9 Å². The van der Waals surface area contributed by atoms with Crippen LogP contribution in [0.15, 0.2) is 48.7 Å². The molecule has 0 spiro atoms. The first kappa shape index (κ1) is 44.4. The lowest BCUT2D eigenvalue weighted by molar-refractivity contribution is -0.138. The quantitative estimate of drug-likeness (QED) is 0.0988. The maximum Gasteiger partial charge on any atom is 0.407 e. The summed E-state index contributed by atoms with van der Waals surface area (Å²) in [6, 6.07) is 12.2. The summed E-state index contributed by atoms with van der Waals surface area (Å²) >= 11 is 0. The second-order valence-electron chi connectivity index (χ2n) is 17.5. The highest BCUT2D eigenvalue weighted by Crippen LogP contribution is 2.44. The van der Waals surface area contributed by atoms with Crippen molar-refractivity contribution in [2.24, 2.45) is 17.8 Å². The second-order valence-corrected chi connectivity index (χ2v) is 17.5. The van der Waals surface area contributed by atoms with Crippen LogP contribution >= 0.6 is 0 Å². The van der Waals surface area contributed by atoms with Crippen LogP contribution in [0.5, 0.6) is 5.75 Å². The van der Waals surface area contributed by atoms with Crippen molar-refractivity contribution in [1.29, 1.82) is 0 Å². The van der Waals surface area contributed by atoms with E-state index < -0.39 is 36.4 Å². The molecule has 8 atom stereocenters. The van der Waals surface area contributed by atoms with Gasteiger partial charge in [0.05, 0.1) is 61.9 Å². The normalized spacial score (nSPS) is 21.1. The van der Waals surface area contributed by atoms with Crippen LogP contribution in [0.4, 0.5) is 9.59 Å². The summed E-state index contributed by atoms with van der Waals surface area (Å²) in [5.74, 6) is 1.89. The predicted octanol–water partition coefficient (Wildman–Crippen LogP) is 6.64. The Bertz CT molecular complexity index is 2560. The fraction of sp³-hybridized carbons (Fsp3) is 0.489. The number of aromatic amines is 2. The Morgan fingerprint density at radius 3 is 2.30 bits per heavy atom. The van der Waals surface area contributed by atoms with Crippen LogP contribution in [0.1, 0.15) is 76.3 Å². The maximum absolute atomic E-state index is 14.1. The molecule has 0 radical (unpaired) electrons. The smallest absolute Gasteiger partial charge is 0.407 e. The van der Waals surface area contributed by atoms with E-state index in [4.69, 9.17) is 33.7 Å². The second kappa shape index (κ2) is 18.5. The number of likely N-dealkylation sites (tertiary alicyclic amines) is 2. The lowest BCUT2D eigenvalue weighted by Crippen LogP contribution is -2.54. The van der Waals surface area contributed by atoms with Gasteiger partial charge in [0.1, 0.15) is 36.1 Å². The summed E-state index contributed by atoms with van der Waals surface area (Å²) in [6.45, 7) is 9.62. The molecule has 3 aromatic carbocycles. The number of nitrogens with one attached hydrogen (secondary N) is 4. The lowest BCUT2D eigenvalue weighted by Gasteiger charge is -2.30. The zero-order valence-electron chi connectivity index (χ0n) is 37.7. The zero-order chi connectivity index (χ0) is 45.4. The number of carbonyl (C=O) groups excluding carboxylic acids is 4. The van der Waals surface area contributed by atoms with Gasteiger partial charge in [-0.3, -0.25) is 9.59 Å². The Morgan fingerprint density at radius 2 is 1.58 bits per heavy atom.